The number of fused-ring (bicyclic) bond motifs is 1. The molecule has 168 valence electrons. The van der Waals surface area contributed by atoms with E-state index in [0.29, 0.717) is 29.7 Å². The van der Waals surface area contributed by atoms with Crippen molar-refractivity contribution < 1.29 is 18.0 Å². The van der Waals surface area contributed by atoms with Crippen LogP contribution in [-0.2, 0) is 17.5 Å². The number of amides is 1. The van der Waals surface area contributed by atoms with Gasteiger partial charge in [-0.25, -0.2) is 0 Å². The van der Waals surface area contributed by atoms with Gasteiger partial charge in [0.25, 0.3) is 0 Å². The summed E-state index contributed by atoms with van der Waals surface area (Å²) in [5.74, 6) is -0.885. The highest BCUT2D eigenvalue weighted by Gasteiger charge is 2.35. The minimum Gasteiger partial charge on any atom is -0.350 e. The van der Waals surface area contributed by atoms with Crippen molar-refractivity contribution in [2.45, 2.75) is 52.3 Å². The molecule has 2 heterocycles. The molecule has 0 aliphatic rings. The van der Waals surface area contributed by atoms with E-state index in [2.05, 4.69) is 25.8 Å². The van der Waals surface area contributed by atoms with Crippen LogP contribution in [0.4, 0.5) is 13.2 Å². The molecule has 0 radical (unpaired) electrons. The molecule has 2 N–H and O–H groups in total. The van der Waals surface area contributed by atoms with Crippen molar-refractivity contribution in [3.63, 3.8) is 0 Å². The number of rotatable bonds is 9. The Morgan fingerprint density at radius 1 is 1.26 bits per heavy atom. The number of H-pyrrole nitrogens is 1. The zero-order valence-corrected chi connectivity index (χ0v) is 17.7. The number of hydrogen-bond donors (Lipinski definition) is 2. The molecule has 1 unspecified atom stereocenters. The second kappa shape index (κ2) is 9.36. The van der Waals surface area contributed by atoms with Crippen LogP contribution in [-0.4, -0.2) is 44.3 Å². The number of halogens is 3. The summed E-state index contributed by atoms with van der Waals surface area (Å²) in [5.41, 5.74) is 1.28. The van der Waals surface area contributed by atoms with Crippen molar-refractivity contribution in [1.82, 2.24) is 30.6 Å². The molecule has 0 bridgehead atoms. The maximum absolute atomic E-state index is 13.3. The molecule has 1 aromatic carbocycles. The van der Waals surface area contributed by atoms with Crippen molar-refractivity contribution >= 4 is 16.9 Å². The third-order valence-electron chi connectivity index (χ3n) is 4.98. The summed E-state index contributed by atoms with van der Waals surface area (Å²) in [5, 5.41) is 18.8. The van der Waals surface area contributed by atoms with Crippen molar-refractivity contribution in [3.05, 3.63) is 41.2 Å². The Morgan fingerprint density at radius 3 is 2.61 bits per heavy atom. The van der Waals surface area contributed by atoms with Gasteiger partial charge in [-0.3, -0.25) is 14.9 Å². The maximum atomic E-state index is 13.3. The van der Waals surface area contributed by atoms with Crippen molar-refractivity contribution in [2.24, 2.45) is 0 Å². The Balaban J connectivity index is 1.81. The fourth-order valence-electron chi connectivity index (χ4n) is 3.45. The van der Waals surface area contributed by atoms with Gasteiger partial charge in [0.05, 0.1) is 23.7 Å². The highest BCUT2D eigenvalue weighted by Crippen LogP contribution is 2.29. The maximum Gasteiger partial charge on any atom is 0.435 e. The first-order valence-electron chi connectivity index (χ1n) is 10.2. The van der Waals surface area contributed by atoms with Gasteiger partial charge in [-0.15, -0.1) is 10.2 Å². The van der Waals surface area contributed by atoms with E-state index in [1.807, 2.05) is 13.8 Å². The van der Waals surface area contributed by atoms with Crippen LogP contribution >= 0.6 is 0 Å². The molecule has 0 saturated heterocycles. The summed E-state index contributed by atoms with van der Waals surface area (Å²) in [4.78, 5) is 14.1. The summed E-state index contributed by atoms with van der Waals surface area (Å²) >= 11 is 0. The third kappa shape index (κ3) is 4.97. The second-order valence-electron chi connectivity index (χ2n) is 7.36. The summed E-state index contributed by atoms with van der Waals surface area (Å²) in [6, 6.07) is 6.36. The lowest BCUT2D eigenvalue weighted by Gasteiger charge is -2.25. The van der Waals surface area contributed by atoms with E-state index in [-0.39, 0.29) is 18.1 Å². The lowest BCUT2D eigenvalue weighted by molar-refractivity contribution is -0.141. The van der Waals surface area contributed by atoms with Crippen LogP contribution in [0.2, 0.25) is 0 Å². The Kier molecular flexibility index (Phi) is 6.81. The molecule has 0 fully saturated rings. The molecular formula is C20H26F3N7O. The highest BCUT2D eigenvalue weighted by molar-refractivity contribution is 5.89. The van der Waals surface area contributed by atoms with Crippen LogP contribution < -0.4 is 10.3 Å². The molecular weight excluding hydrogens is 411 g/mol. The molecule has 11 heteroatoms. The monoisotopic (exact) mass is 437 g/mol. The predicted octanol–water partition coefficient (Wildman–Crippen LogP) is 3.35. The molecule has 1 amide bonds. The van der Waals surface area contributed by atoms with Gasteiger partial charge in [0.1, 0.15) is 5.52 Å². The first-order chi connectivity index (χ1) is 14.8. The van der Waals surface area contributed by atoms with Gasteiger partial charge in [-0.2, -0.15) is 18.0 Å². The molecule has 1 atom stereocenters. The lowest BCUT2D eigenvalue weighted by atomic mass is 9.99. The molecule has 0 aliphatic carbocycles. The Morgan fingerprint density at radius 2 is 1.97 bits per heavy atom. The van der Waals surface area contributed by atoms with Crippen molar-refractivity contribution in [3.8, 4) is 0 Å². The second-order valence-corrected chi connectivity index (χ2v) is 7.36. The zero-order chi connectivity index (χ0) is 22.6. The molecule has 8 nitrogen and oxygen atoms in total. The van der Waals surface area contributed by atoms with Crippen molar-refractivity contribution in [2.75, 3.05) is 18.1 Å². The van der Waals surface area contributed by atoms with E-state index in [1.165, 1.54) is 4.79 Å². The molecule has 0 aliphatic heterocycles. The Hall–Kier alpha value is -3.11. The van der Waals surface area contributed by atoms with E-state index >= 15 is 0 Å². The zero-order valence-electron chi connectivity index (χ0n) is 17.7. The molecule has 3 aromatic rings. The predicted molar refractivity (Wildman–Crippen MR) is 110 cm³/mol. The number of nitrogens with one attached hydrogen (secondary N) is 2. The van der Waals surface area contributed by atoms with E-state index in [9.17, 15) is 18.0 Å². The first kappa shape index (κ1) is 22.6. The van der Waals surface area contributed by atoms with Gasteiger partial charge in [0.2, 0.25) is 5.91 Å². The van der Waals surface area contributed by atoms with Gasteiger partial charge >= 0.3 is 6.18 Å². The number of aromatic nitrogens is 5. The summed E-state index contributed by atoms with van der Waals surface area (Å²) in [7, 11) is 0. The molecule has 0 saturated carbocycles. The number of benzene rings is 1. The molecule has 2 aromatic heterocycles. The smallest absolute Gasteiger partial charge is 0.350 e. The summed E-state index contributed by atoms with van der Waals surface area (Å²) < 4.78 is 39.9. The average molecular weight is 437 g/mol. The number of carbonyl (C=O) groups is 1. The van der Waals surface area contributed by atoms with Crippen LogP contribution in [0.15, 0.2) is 24.3 Å². The van der Waals surface area contributed by atoms with Crippen LogP contribution in [0.5, 0.6) is 0 Å². The Labute approximate surface area is 177 Å². The minimum absolute atomic E-state index is 0.0784. The fraction of sp³-hybridized carbons (Fsp3) is 0.500. The van der Waals surface area contributed by atoms with Gasteiger partial charge in [0, 0.05) is 13.1 Å². The summed E-state index contributed by atoms with van der Waals surface area (Å²) in [6.07, 6.45) is -3.05. The number of nitrogens with zero attached hydrogens (tertiary/aromatic N) is 5. The van der Waals surface area contributed by atoms with E-state index in [1.54, 1.807) is 30.1 Å². The number of carbonyl (C=O) groups excluding carboxylic acids is 1. The normalized spacial score (nSPS) is 12.8. The number of aromatic amines is 1. The van der Waals surface area contributed by atoms with Gasteiger partial charge in [0.15, 0.2) is 5.69 Å². The molecule has 3 rings (SSSR count). The third-order valence-corrected chi connectivity index (χ3v) is 4.98. The van der Waals surface area contributed by atoms with E-state index < -0.39 is 17.8 Å². The van der Waals surface area contributed by atoms with Gasteiger partial charge < -0.3 is 5.32 Å². The molecule has 31 heavy (non-hydrogen) atoms. The fourth-order valence-corrected chi connectivity index (χ4v) is 3.45. The van der Waals surface area contributed by atoms with Gasteiger partial charge in [-0.1, -0.05) is 31.2 Å². The van der Waals surface area contributed by atoms with E-state index in [0.717, 1.165) is 18.9 Å². The standard InChI is InChI=1S/C20H26F3N7O/c1-4-9-29(10-5-2)30-14(11-17(27-30)20(21,22)23)12-24-19(31)13(3)15-7-6-8-16-18(15)26-28-25-16/h6-8,11,13H,4-5,9-10,12H2,1-3H3,(H,24,31)(H,25,26,28). The van der Waals surface area contributed by atoms with Crippen molar-refractivity contribution in [1.29, 1.82) is 0 Å². The minimum atomic E-state index is -4.57. The number of hydrogen-bond acceptors (Lipinski definition) is 5. The molecule has 0 spiro atoms. The quantitative estimate of drug-likeness (QED) is 0.536. The van der Waals surface area contributed by atoms with Crippen LogP contribution in [0.1, 0.15) is 56.5 Å². The SMILES string of the molecule is CCCN(CCC)n1nc(C(F)(F)F)cc1CNC(=O)C(C)c1cccc2[nH]nnc12. The van der Waals surface area contributed by atoms with E-state index in [4.69, 9.17) is 0 Å². The topological polar surface area (TPSA) is 91.7 Å². The summed E-state index contributed by atoms with van der Waals surface area (Å²) in [6.45, 7) is 6.65. The van der Waals surface area contributed by atoms with Crippen LogP contribution in [0.3, 0.4) is 0 Å². The highest BCUT2D eigenvalue weighted by atomic mass is 19.4. The van der Waals surface area contributed by atoms with Crippen LogP contribution in [0, 0.1) is 0 Å². The first-order valence-corrected chi connectivity index (χ1v) is 10.2. The largest absolute Gasteiger partial charge is 0.435 e. The van der Waals surface area contributed by atoms with Crippen LogP contribution in [0.25, 0.3) is 11.0 Å². The Bertz CT molecular complexity index is 1020. The van der Waals surface area contributed by atoms with Gasteiger partial charge in [-0.05, 0) is 37.5 Å². The lowest BCUT2D eigenvalue weighted by Crippen LogP contribution is -2.39. The average Bonchev–Trinajstić information content (AvgIpc) is 3.38. The number of alkyl halides is 3.